The van der Waals surface area contributed by atoms with Crippen molar-refractivity contribution < 1.29 is 19.4 Å². The van der Waals surface area contributed by atoms with Crippen LogP contribution >= 0.6 is 0 Å². The minimum atomic E-state index is -0.911. The Labute approximate surface area is 148 Å². The molecule has 25 heavy (non-hydrogen) atoms. The highest BCUT2D eigenvalue weighted by Gasteiger charge is 2.51. The van der Waals surface area contributed by atoms with Crippen LogP contribution in [0.25, 0.3) is 0 Å². The van der Waals surface area contributed by atoms with Crippen LogP contribution in [0, 0.1) is 13.8 Å². The normalized spacial score (nSPS) is 29.8. The number of hydrogen-bond donors (Lipinski definition) is 1. The first-order valence-electron chi connectivity index (χ1n) is 8.97. The SMILES string of the molecule is CO[C@@]12CC[C@H](OCC(=O)O)C[C@@H]1N(Cc1nc(C)c(C)n1C)CC2. The zero-order valence-corrected chi connectivity index (χ0v) is 15.6. The lowest BCUT2D eigenvalue weighted by Gasteiger charge is -2.43. The van der Waals surface area contributed by atoms with E-state index in [4.69, 9.17) is 19.6 Å². The molecule has 3 rings (SSSR count). The summed E-state index contributed by atoms with van der Waals surface area (Å²) in [4.78, 5) is 17.9. The first-order chi connectivity index (χ1) is 11.9. The molecule has 3 atom stereocenters. The Balaban J connectivity index is 1.74. The molecule has 0 radical (unpaired) electrons. The molecule has 1 aliphatic carbocycles. The van der Waals surface area contributed by atoms with Crippen molar-refractivity contribution >= 4 is 5.97 Å². The highest BCUT2D eigenvalue weighted by Crippen LogP contribution is 2.43. The van der Waals surface area contributed by atoms with Crippen LogP contribution < -0.4 is 0 Å². The molecule has 1 aromatic rings. The van der Waals surface area contributed by atoms with Crippen LogP contribution in [-0.2, 0) is 27.9 Å². The lowest BCUT2D eigenvalue weighted by Crippen LogP contribution is -2.51. The molecule has 1 N–H and O–H groups in total. The number of methoxy groups -OCH3 is 1. The van der Waals surface area contributed by atoms with Gasteiger partial charge in [-0.2, -0.15) is 0 Å². The van der Waals surface area contributed by atoms with E-state index in [-0.39, 0.29) is 24.4 Å². The average molecular weight is 351 g/mol. The van der Waals surface area contributed by atoms with Crippen molar-refractivity contribution in [2.24, 2.45) is 7.05 Å². The number of aryl methyl sites for hydroxylation is 1. The first kappa shape index (κ1) is 18.4. The van der Waals surface area contributed by atoms with Crippen molar-refractivity contribution in [2.45, 2.75) is 63.8 Å². The van der Waals surface area contributed by atoms with Gasteiger partial charge in [0.15, 0.2) is 0 Å². The molecule has 0 spiro atoms. The first-order valence-corrected chi connectivity index (χ1v) is 8.97. The third-order valence-electron chi connectivity index (χ3n) is 6.15. The summed E-state index contributed by atoms with van der Waals surface area (Å²) < 4.78 is 13.7. The van der Waals surface area contributed by atoms with Crippen molar-refractivity contribution in [3.8, 4) is 0 Å². The Morgan fingerprint density at radius 2 is 2.16 bits per heavy atom. The van der Waals surface area contributed by atoms with Crippen molar-refractivity contribution in [3.05, 3.63) is 17.2 Å². The number of fused-ring (bicyclic) bond motifs is 1. The summed E-state index contributed by atoms with van der Waals surface area (Å²) in [6.45, 7) is 5.65. The standard InChI is InChI=1S/C18H29N3O4/c1-12-13(2)20(3)16(19-12)10-21-8-7-18(24-4)6-5-14(9-15(18)21)25-11-17(22)23/h14-15H,5-11H2,1-4H3,(H,22,23)/t14-,15-,18+/m0/s1. The number of aliphatic carboxylic acids is 1. The number of likely N-dealkylation sites (tertiary alicyclic amines) is 1. The van der Waals surface area contributed by atoms with Gasteiger partial charge in [0.1, 0.15) is 12.4 Å². The van der Waals surface area contributed by atoms with E-state index in [2.05, 4.69) is 23.4 Å². The van der Waals surface area contributed by atoms with Gasteiger partial charge in [-0.1, -0.05) is 0 Å². The fourth-order valence-corrected chi connectivity index (χ4v) is 4.39. The van der Waals surface area contributed by atoms with Crippen LogP contribution in [0.3, 0.4) is 0 Å². The molecule has 0 unspecified atom stereocenters. The number of aromatic nitrogens is 2. The van der Waals surface area contributed by atoms with Gasteiger partial charge in [-0.3, -0.25) is 4.90 Å². The Bertz CT molecular complexity index is 645. The molecule has 0 amide bonds. The Hall–Kier alpha value is -1.44. The quantitative estimate of drug-likeness (QED) is 0.840. The van der Waals surface area contributed by atoms with E-state index >= 15 is 0 Å². The molecule has 7 heteroatoms. The van der Waals surface area contributed by atoms with Crippen molar-refractivity contribution in [3.63, 3.8) is 0 Å². The van der Waals surface area contributed by atoms with Gasteiger partial charge in [0.2, 0.25) is 0 Å². The minimum absolute atomic E-state index is 0.0187. The second kappa shape index (κ2) is 7.05. The van der Waals surface area contributed by atoms with Gasteiger partial charge in [0.25, 0.3) is 0 Å². The summed E-state index contributed by atoms with van der Waals surface area (Å²) in [6.07, 6.45) is 3.56. The highest BCUT2D eigenvalue weighted by atomic mass is 16.5. The van der Waals surface area contributed by atoms with E-state index in [0.29, 0.717) is 0 Å². The Morgan fingerprint density at radius 3 is 2.76 bits per heavy atom. The van der Waals surface area contributed by atoms with E-state index in [1.54, 1.807) is 7.11 Å². The van der Waals surface area contributed by atoms with Crippen LogP contribution in [0.4, 0.5) is 0 Å². The predicted octanol–water partition coefficient (Wildman–Crippen LogP) is 1.65. The number of carboxylic acids is 1. The highest BCUT2D eigenvalue weighted by molar-refractivity contribution is 5.68. The van der Waals surface area contributed by atoms with E-state index < -0.39 is 5.97 Å². The Morgan fingerprint density at radius 1 is 1.40 bits per heavy atom. The Kier molecular flexibility index (Phi) is 5.18. The van der Waals surface area contributed by atoms with Crippen molar-refractivity contribution in [1.82, 2.24) is 14.5 Å². The predicted molar refractivity (Wildman–Crippen MR) is 92.5 cm³/mol. The molecule has 2 heterocycles. The van der Waals surface area contributed by atoms with Gasteiger partial charge in [0.05, 0.1) is 23.9 Å². The minimum Gasteiger partial charge on any atom is -0.480 e. The zero-order valence-electron chi connectivity index (χ0n) is 15.6. The lowest BCUT2D eigenvalue weighted by molar-refractivity contribution is -0.148. The molecule has 0 aromatic carbocycles. The molecule has 7 nitrogen and oxygen atoms in total. The van der Waals surface area contributed by atoms with Crippen LogP contribution in [0.1, 0.15) is 42.9 Å². The monoisotopic (exact) mass is 351 g/mol. The van der Waals surface area contributed by atoms with Gasteiger partial charge in [0, 0.05) is 32.4 Å². The number of hydrogen-bond acceptors (Lipinski definition) is 5. The molecular formula is C18H29N3O4. The molecular weight excluding hydrogens is 322 g/mol. The second-order valence-electron chi connectivity index (χ2n) is 7.36. The maximum absolute atomic E-state index is 10.8. The molecule has 140 valence electrons. The topological polar surface area (TPSA) is 76.8 Å². The molecule has 1 saturated heterocycles. The number of carboxylic acid groups (broad SMARTS) is 1. The summed E-state index contributed by atoms with van der Waals surface area (Å²) in [6, 6.07) is 0.238. The molecule has 1 aliphatic heterocycles. The molecule has 0 bridgehead atoms. The summed E-state index contributed by atoms with van der Waals surface area (Å²) in [5.41, 5.74) is 2.12. The van der Waals surface area contributed by atoms with Crippen LogP contribution in [0.2, 0.25) is 0 Å². The lowest BCUT2D eigenvalue weighted by atomic mass is 9.79. The van der Waals surface area contributed by atoms with Gasteiger partial charge in [-0.05, 0) is 39.5 Å². The molecule has 2 fully saturated rings. The summed E-state index contributed by atoms with van der Waals surface area (Å²) >= 11 is 0. The fourth-order valence-electron chi connectivity index (χ4n) is 4.39. The zero-order chi connectivity index (χ0) is 18.2. The van der Waals surface area contributed by atoms with Crippen molar-refractivity contribution in [1.29, 1.82) is 0 Å². The van der Waals surface area contributed by atoms with Gasteiger partial charge >= 0.3 is 5.97 Å². The average Bonchev–Trinajstić information content (AvgIpc) is 3.07. The summed E-state index contributed by atoms with van der Waals surface area (Å²) in [5, 5.41) is 8.86. The van der Waals surface area contributed by atoms with Gasteiger partial charge < -0.3 is 19.1 Å². The van der Waals surface area contributed by atoms with E-state index in [1.165, 1.54) is 5.69 Å². The smallest absolute Gasteiger partial charge is 0.329 e. The van der Waals surface area contributed by atoms with Gasteiger partial charge in [-0.25, -0.2) is 9.78 Å². The van der Waals surface area contributed by atoms with Crippen molar-refractivity contribution in [2.75, 3.05) is 20.3 Å². The third kappa shape index (κ3) is 3.45. The summed E-state index contributed by atoms with van der Waals surface area (Å²) in [7, 11) is 3.86. The maximum atomic E-state index is 10.8. The van der Waals surface area contributed by atoms with E-state index in [0.717, 1.165) is 50.3 Å². The van der Waals surface area contributed by atoms with E-state index in [9.17, 15) is 4.79 Å². The van der Waals surface area contributed by atoms with E-state index in [1.807, 2.05) is 6.92 Å². The number of carbonyl (C=O) groups is 1. The second-order valence-corrected chi connectivity index (χ2v) is 7.36. The molecule has 1 aromatic heterocycles. The van der Waals surface area contributed by atoms with Crippen LogP contribution in [0.5, 0.6) is 0 Å². The molecule has 2 aliphatic rings. The van der Waals surface area contributed by atoms with Crippen LogP contribution in [0.15, 0.2) is 0 Å². The van der Waals surface area contributed by atoms with Crippen LogP contribution in [-0.4, -0.2) is 63.5 Å². The fraction of sp³-hybridized carbons (Fsp3) is 0.778. The largest absolute Gasteiger partial charge is 0.480 e. The number of rotatable bonds is 6. The third-order valence-corrected chi connectivity index (χ3v) is 6.15. The summed E-state index contributed by atoms with van der Waals surface area (Å²) in [5.74, 6) is 0.154. The van der Waals surface area contributed by atoms with Gasteiger partial charge in [-0.15, -0.1) is 0 Å². The maximum Gasteiger partial charge on any atom is 0.329 e. The molecule has 1 saturated carbocycles. The number of imidazole rings is 1. The number of nitrogens with zero attached hydrogens (tertiary/aromatic N) is 3. The number of ether oxygens (including phenoxy) is 2.